The van der Waals surface area contributed by atoms with Gasteiger partial charge in [-0.1, -0.05) is 52.7 Å². The maximum atomic E-state index is 6.65. The molecule has 0 heterocycles. The summed E-state index contributed by atoms with van der Waals surface area (Å²) in [5.74, 6) is 0. The zero-order valence-electron chi connectivity index (χ0n) is 12.4. The summed E-state index contributed by atoms with van der Waals surface area (Å²) in [5.41, 5.74) is 5.80. The fraction of sp³-hybridized carbons (Fsp3) is 0.647. The van der Waals surface area contributed by atoms with Gasteiger partial charge in [0, 0.05) is 0 Å². The molecule has 1 rings (SSSR count). The molecule has 1 heteroatoms. The van der Waals surface area contributed by atoms with Crippen molar-refractivity contribution < 1.29 is 0 Å². The van der Waals surface area contributed by atoms with E-state index in [0.29, 0.717) is 0 Å². The first kappa shape index (κ1) is 15.6. The second kappa shape index (κ2) is 7.84. The molecule has 18 heavy (non-hydrogen) atoms. The smallest absolute Gasteiger partial charge is 0.0590 e. The molecule has 0 N–H and O–H groups in total. The van der Waals surface area contributed by atoms with Gasteiger partial charge in [-0.15, -0.1) is 11.6 Å². The molecule has 0 fully saturated rings. The van der Waals surface area contributed by atoms with Crippen LogP contribution in [0.2, 0.25) is 0 Å². The van der Waals surface area contributed by atoms with E-state index in [2.05, 4.69) is 39.8 Å². The molecule has 1 aromatic carbocycles. The molecule has 1 unspecified atom stereocenters. The van der Waals surface area contributed by atoms with Crippen molar-refractivity contribution in [1.29, 1.82) is 0 Å². The van der Waals surface area contributed by atoms with Gasteiger partial charge in [-0.05, 0) is 47.9 Å². The average molecular weight is 267 g/mol. The van der Waals surface area contributed by atoms with E-state index in [9.17, 15) is 0 Å². The number of halogens is 1. The van der Waals surface area contributed by atoms with E-state index in [4.69, 9.17) is 11.6 Å². The van der Waals surface area contributed by atoms with Crippen LogP contribution >= 0.6 is 11.6 Å². The molecule has 0 nitrogen and oxygen atoms in total. The van der Waals surface area contributed by atoms with Gasteiger partial charge in [0.25, 0.3) is 0 Å². The van der Waals surface area contributed by atoms with Crippen molar-refractivity contribution in [3.63, 3.8) is 0 Å². The van der Waals surface area contributed by atoms with Crippen molar-refractivity contribution in [2.75, 3.05) is 0 Å². The highest BCUT2D eigenvalue weighted by atomic mass is 35.5. The molecular formula is C17H27Cl. The minimum atomic E-state index is 0.195. The molecule has 0 aromatic heterocycles. The fourth-order valence-electron chi connectivity index (χ4n) is 2.57. The second-order valence-electron chi connectivity index (χ2n) is 5.00. The van der Waals surface area contributed by atoms with Crippen LogP contribution < -0.4 is 0 Å². The molecule has 1 atom stereocenters. The number of aryl methyl sites for hydroxylation is 3. The second-order valence-corrected chi connectivity index (χ2v) is 5.52. The fourth-order valence-corrected chi connectivity index (χ4v) is 3.00. The minimum Gasteiger partial charge on any atom is -0.118 e. The lowest BCUT2D eigenvalue weighted by Crippen LogP contribution is -2.04. The Morgan fingerprint density at radius 1 is 0.944 bits per heavy atom. The first-order chi connectivity index (χ1) is 8.67. The van der Waals surface area contributed by atoms with Crippen LogP contribution in [0, 0.1) is 0 Å². The maximum absolute atomic E-state index is 6.65. The molecular weight excluding hydrogens is 240 g/mol. The van der Waals surface area contributed by atoms with Crippen LogP contribution in [-0.4, -0.2) is 0 Å². The van der Waals surface area contributed by atoms with Crippen molar-refractivity contribution in [3.8, 4) is 0 Å². The summed E-state index contributed by atoms with van der Waals surface area (Å²) in [4.78, 5) is 0. The van der Waals surface area contributed by atoms with Crippen molar-refractivity contribution in [3.05, 3.63) is 34.4 Å². The predicted octanol–water partition coefficient (Wildman–Crippen LogP) is 5.84. The molecule has 0 saturated carbocycles. The van der Waals surface area contributed by atoms with Gasteiger partial charge in [0.15, 0.2) is 0 Å². The Hall–Kier alpha value is -0.490. The van der Waals surface area contributed by atoms with Gasteiger partial charge >= 0.3 is 0 Å². The van der Waals surface area contributed by atoms with E-state index < -0.39 is 0 Å². The number of alkyl halides is 1. The van der Waals surface area contributed by atoms with Gasteiger partial charge in [-0.3, -0.25) is 0 Å². The van der Waals surface area contributed by atoms with Gasteiger partial charge in [-0.25, -0.2) is 0 Å². The number of benzene rings is 1. The molecule has 0 aliphatic carbocycles. The molecule has 0 amide bonds. The lowest BCUT2D eigenvalue weighted by molar-refractivity contribution is 0.692. The van der Waals surface area contributed by atoms with E-state index in [1.54, 1.807) is 0 Å². The molecule has 0 saturated heterocycles. The van der Waals surface area contributed by atoms with Crippen molar-refractivity contribution in [2.24, 2.45) is 0 Å². The first-order valence-corrected chi connectivity index (χ1v) is 7.90. The third-order valence-electron chi connectivity index (χ3n) is 3.71. The largest absolute Gasteiger partial charge is 0.118 e. The summed E-state index contributed by atoms with van der Waals surface area (Å²) in [6.07, 6.45) is 6.83. The van der Waals surface area contributed by atoms with E-state index in [1.807, 2.05) is 0 Å². The van der Waals surface area contributed by atoms with Crippen LogP contribution in [0.5, 0.6) is 0 Å². The topological polar surface area (TPSA) is 0 Å². The summed E-state index contributed by atoms with van der Waals surface area (Å²) in [5, 5.41) is 0.195. The Kier molecular flexibility index (Phi) is 6.78. The van der Waals surface area contributed by atoms with Crippen LogP contribution in [0.15, 0.2) is 12.1 Å². The summed E-state index contributed by atoms with van der Waals surface area (Å²) in [7, 11) is 0. The van der Waals surface area contributed by atoms with Gasteiger partial charge < -0.3 is 0 Å². The van der Waals surface area contributed by atoms with Crippen LogP contribution in [0.25, 0.3) is 0 Å². The van der Waals surface area contributed by atoms with E-state index in [0.717, 1.165) is 25.7 Å². The average Bonchev–Trinajstić information content (AvgIpc) is 2.42. The van der Waals surface area contributed by atoms with Crippen molar-refractivity contribution in [1.82, 2.24) is 0 Å². The predicted molar refractivity (Wildman–Crippen MR) is 82.7 cm³/mol. The number of hydrogen-bond acceptors (Lipinski definition) is 0. The highest BCUT2D eigenvalue weighted by Gasteiger charge is 2.16. The molecule has 1 aromatic rings. The molecule has 0 spiro atoms. The van der Waals surface area contributed by atoms with Gasteiger partial charge in [0.2, 0.25) is 0 Å². The van der Waals surface area contributed by atoms with Crippen LogP contribution in [0.3, 0.4) is 0 Å². The minimum absolute atomic E-state index is 0.195. The summed E-state index contributed by atoms with van der Waals surface area (Å²) in [6.45, 7) is 8.93. The van der Waals surface area contributed by atoms with Crippen LogP contribution in [0.1, 0.15) is 74.6 Å². The van der Waals surface area contributed by atoms with E-state index in [-0.39, 0.29) is 5.38 Å². The van der Waals surface area contributed by atoms with E-state index in [1.165, 1.54) is 35.1 Å². The number of hydrogen-bond donors (Lipinski definition) is 0. The highest BCUT2D eigenvalue weighted by molar-refractivity contribution is 6.21. The Morgan fingerprint density at radius 3 is 1.89 bits per heavy atom. The molecule has 0 radical (unpaired) electrons. The van der Waals surface area contributed by atoms with Gasteiger partial charge in [-0.2, -0.15) is 0 Å². The van der Waals surface area contributed by atoms with Gasteiger partial charge in [0.05, 0.1) is 5.38 Å². The molecule has 0 aliphatic heterocycles. The molecule has 0 aliphatic rings. The monoisotopic (exact) mass is 266 g/mol. The summed E-state index contributed by atoms with van der Waals surface area (Å²) in [6, 6.07) is 4.71. The lowest BCUT2D eigenvalue weighted by atomic mass is 9.90. The summed E-state index contributed by atoms with van der Waals surface area (Å²) >= 11 is 6.65. The zero-order valence-corrected chi connectivity index (χ0v) is 13.1. The number of rotatable bonds is 7. The first-order valence-electron chi connectivity index (χ1n) is 7.46. The highest BCUT2D eigenvalue weighted by Crippen LogP contribution is 2.33. The summed E-state index contributed by atoms with van der Waals surface area (Å²) < 4.78 is 0. The van der Waals surface area contributed by atoms with Crippen molar-refractivity contribution >= 4 is 11.6 Å². The van der Waals surface area contributed by atoms with Crippen molar-refractivity contribution in [2.45, 2.75) is 71.6 Å². The lowest BCUT2D eigenvalue weighted by Gasteiger charge is -2.19. The SMILES string of the molecule is CCCCC(Cl)c1c(CC)cc(CC)cc1CC. The van der Waals surface area contributed by atoms with Crippen LogP contribution in [-0.2, 0) is 19.3 Å². The zero-order chi connectivity index (χ0) is 13.5. The third kappa shape index (κ3) is 3.75. The van der Waals surface area contributed by atoms with Crippen LogP contribution in [0.4, 0.5) is 0 Å². The Balaban J connectivity index is 3.13. The quantitative estimate of drug-likeness (QED) is 0.544. The Bertz CT molecular complexity index is 343. The normalized spacial score (nSPS) is 12.7. The van der Waals surface area contributed by atoms with Gasteiger partial charge in [0.1, 0.15) is 0 Å². The Morgan fingerprint density at radius 2 is 1.50 bits per heavy atom. The molecule has 0 bridgehead atoms. The standard InChI is InChI=1S/C17H27Cl/c1-5-9-10-16(18)17-14(7-3)11-13(6-2)12-15(17)8-4/h11-12,16H,5-10H2,1-4H3. The third-order valence-corrected chi connectivity index (χ3v) is 4.14. The number of unbranched alkanes of at least 4 members (excludes halogenated alkanes) is 1. The molecule has 102 valence electrons. The Labute approximate surface area is 118 Å². The van der Waals surface area contributed by atoms with E-state index >= 15 is 0 Å². The maximum Gasteiger partial charge on any atom is 0.0590 e.